The molecule has 0 unspecified atom stereocenters. The minimum absolute atomic E-state index is 0.0757. The molecular formula is C17H19FN2O3S. The van der Waals surface area contributed by atoms with Gasteiger partial charge >= 0.3 is 0 Å². The van der Waals surface area contributed by atoms with E-state index in [9.17, 15) is 17.6 Å². The smallest absolute Gasteiger partial charge is 0.241 e. The first-order valence-electron chi connectivity index (χ1n) is 7.28. The highest BCUT2D eigenvalue weighted by Crippen LogP contribution is 2.24. The Hall–Kier alpha value is -2.25. The number of rotatable bonds is 5. The van der Waals surface area contributed by atoms with E-state index in [0.717, 1.165) is 0 Å². The van der Waals surface area contributed by atoms with Crippen LogP contribution in [-0.2, 0) is 20.4 Å². The molecule has 0 aliphatic carbocycles. The van der Waals surface area contributed by atoms with E-state index < -0.39 is 15.6 Å². The standard InChI is InChI=1S/C17H19FN2O3S/c1-12(21)19-15-8-10-16(11-9-15)24(22,23)20-17(2,3)13-4-6-14(18)7-5-13/h4-11,20H,1-3H3,(H,19,21). The molecule has 2 rings (SSSR count). The minimum atomic E-state index is -3.78. The van der Waals surface area contributed by atoms with E-state index in [1.54, 1.807) is 13.8 Å². The van der Waals surface area contributed by atoms with Crippen molar-refractivity contribution in [1.82, 2.24) is 4.72 Å². The average Bonchev–Trinajstić information content (AvgIpc) is 2.46. The highest BCUT2D eigenvalue weighted by molar-refractivity contribution is 7.89. The van der Waals surface area contributed by atoms with Crippen molar-refractivity contribution in [2.45, 2.75) is 31.2 Å². The van der Waals surface area contributed by atoms with Gasteiger partial charge in [-0.15, -0.1) is 0 Å². The second kappa shape index (κ2) is 6.70. The van der Waals surface area contributed by atoms with Crippen molar-refractivity contribution < 1.29 is 17.6 Å². The number of hydrogen-bond acceptors (Lipinski definition) is 3. The van der Waals surface area contributed by atoms with Crippen LogP contribution >= 0.6 is 0 Å². The van der Waals surface area contributed by atoms with Crippen molar-refractivity contribution in [2.24, 2.45) is 0 Å². The summed E-state index contributed by atoms with van der Waals surface area (Å²) in [7, 11) is -3.78. The summed E-state index contributed by atoms with van der Waals surface area (Å²) in [5.41, 5.74) is 0.240. The van der Waals surface area contributed by atoms with Gasteiger partial charge in [0.25, 0.3) is 0 Å². The van der Waals surface area contributed by atoms with Crippen molar-refractivity contribution in [3.63, 3.8) is 0 Å². The van der Waals surface area contributed by atoms with Gasteiger partial charge < -0.3 is 5.32 Å². The number of halogens is 1. The fraction of sp³-hybridized carbons (Fsp3) is 0.235. The summed E-state index contributed by atoms with van der Waals surface area (Å²) in [6.07, 6.45) is 0. The molecule has 1 amide bonds. The van der Waals surface area contributed by atoms with Crippen molar-refractivity contribution >= 4 is 21.6 Å². The monoisotopic (exact) mass is 350 g/mol. The largest absolute Gasteiger partial charge is 0.326 e. The Kier molecular flexibility index (Phi) is 5.05. The van der Waals surface area contributed by atoms with Gasteiger partial charge in [0.15, 0.2) is 0 Å². The zero-order valence-corrected chi connectivity index (χ0v) is 14.4. The molecule has 0 fully saturated rings. The molecule has 0 heterocycles. The Morgan fingerprint density at radius 1 is 1.00 bits per heavy atom. The summed E-state index contributed by atoms with van der Waals surface area (Å²) < 4.78 is 40.7. The number of benzene rings is 2. The predicted octanol–water partition coefficient (Wildman–Crippen LogP) is 3.00. The molecule has 0 aromatic heterocycles. The van der Waals surface area contributed by atoms with Crippen LogP contribution in [0.25, 0.3) is 0 Å². The topological polar surface area (TPSA) is 75.3 Å². The molecule has 128 valence electrons. The molecule has 0 aliphatic rings. The van der Waals surface area contributed by atoms with Gasteiger partial charge in [0.1, 0.15) is 5.82 Å². The van der Waals surface area contributed by atoms with E-state index in [1.807, 2.05) is 0 Å². The Labute approximate surface area is 141 Å². The van der Waals surface area contributed by atoms with Gasteiger partial charge in [-0.2, -0.15) is 0 Å². The number of anilines is 1. The van der Waals surface area contributed by atoms with Crippen molar-refractivity contribution in [2.75, 3.05) is 5.32 Å². The molecule has 0 aliphatic heterocycles. The highest BCUT2D eigenvalue weighted by atomic mass is 32.2. The number of hydrogen-bond donors (Lipinski definition) is 2. The van der Waals surface area contributed by atoms with Crippen LogP contribution < -0.4 is 10.0 Å². The second-order valence-corrected chi connectivity index (χ2v) is 7.63. The molecule has 7 heteroatoms. The van der Waals surface area contributed by atoms with Crippen LogP contribution in [-0.4, -0.2) is 14.3 Å². The Morgan fingerprint density at radius 3 is 2.04 bits per heavy atom. The molecule has 0 radical (unpaired) electrons. The Morgan fingerprint density at radius 2 is 1.54 bits per heavy atom. The van der Waals surface area contributed by atoms with Gasteiger partial charge in [-0.3, -0.25) is 4.79 Å². The van der Waals surface area contributed by atoms with Crippen LogP contribution in [0.3, 0.4) is 0 Å². The third-order valence-electron chi connectivity index (χ3n) is 3.44. The summed E-state index contributed by atoms with van der Waals surface area (Å²) in [6, 6.07) is 11.5. The molecule has 2 aromatic carbocycles. The van der Waals surface area contributed by atoms with E-state index >= 15 is 0 Å². The summed E-state index contributed by atoms with van der Waals surface area (Å²) in [5.74, 6) is -0.618. The van der Waals surface area contributed by atoms with Crippen LogP contribution in [0.1, 0.15) is 26.3 Å². The van der Waals surface area contributed by atoms with E-state index in [1.165, 1.54) is 55.5 Å². The van der Waals surface area contributed by atoms with Gasteiger partial charge in [-0.05, 0) is 55.8 Å². The fourth-order valence-corrected chi connectivity index (χ4v) is 3.64. The van der Waals surface area contributed by atoms with Gasteiger partial charge in [0.05, 0.1) is 10.4 Å². The maximum absolute atomic E-state index is 13.0. The van der Waals surface area contributed by atoms with Crippen LogP contribution in [0.2, 0.25) is 0 Å². The average molecular weight is 350 g/mol. The molecule has 0 bridgehead atoms. The van der Waals surface area contributed by atoms with Crippen LogP contribution in [0.4, 0.5) is 10.1 Å². The highest BCUT2D eigenvalue weighted by Gasteiger charge is 2.28. The molecular weight excluding hydrogens is 331 g/mol. The Balaban J connectivity index is 2.23. The normalized spacial score (nSPS) is 12.0. The van der Waals surface area contributed by atoms with Crippen LogP contribution in [0.5, 0.6) is 0 Å². The summed E-state index contributed by atoms with van der Waals surface area (Å²) >= 11 is 0. The molecule has 0 saturated carbocycles. The van der Waals surface area contributed by atoms with E-state index in [0.29, 0.717) is 11.3 Å². The predicted molar refractivity (Wildman–Crippen MR) is 90.5 cm³/mol. The number of nitrogens with one attached hydrogen (secondary N) is 2. The van der Waals surface area contributed by atoms with Gasteiger partial charge in [-0.1, -0.05) is 12.1 Å². The third-order valence-corrected chi connectivity index (χ3v) is 5.11. The molecule has 0 atom stereocenters. The first kappa shape index (κ1) is 18.1. The second-order valence-electron chi connectivity index (χ2n) is 5.94. The van der Waals surface area contributed by atoms with Crippen LogP contribution in [0, 0.1) is 5.82 Å². The van der Waals surface area contributed by atoms with Gasteiger partial charge in [-0.25, -0.2) is 17.5 Å². The van der Waals surface area contributed by atoms with E-state index in [2.05, 4.69) is 10.0 Å². The number of carbonyl (C=O) groups excluding carboxylic acids is 1. The first-order chi connectivity index (χ1) is 11.1. The Bertz CT molecular complexity index is 829. The number of carbonyl (C=O) groups is 1. The SMILES string of the molecule is CC(=O)Nc1ccc(S(=O)(=O)NC(C)(C)c2ccc(F)cc2)cc1. The van der Waals surface area contributed by atoms with Crippen molar-refractivity contribution in [1.29, 1.82) is 0 Å². The quantitative estimate of drug-likeness (QED) is 0.870. The van der Waals surface area contributed by atoms with E-state index in [4.69, 9.17) is 0 Å². The molecule has 24 heavy (non-hydrogen) atoms. The first-order valence-corrected chi connectivity index (χ1v) is 8.76. The summed E-state index contributed by atoms with van der Waals surface area (Å²) in [5, 5.41) is 2.57. The molecule has 5 nitrogen and oxygen atoms in total. The number of sulfonamides is 1. The molecule has 2 N–H and O–H groups in total. The maximum Gasteiger partial charge on any atom is 0.241 e. The lowest BCUT2D eigenvalue weighted by molar-refractivity contribution is -0.114. The van der Waals surface area contributed by atoms with Crippen molar-refractivity contribution in [3.8, 4) is 0 Å². The molecule has 0 saturated heterocycles. The lowest BCUT2D eigenvalue weighted by atomic mass is 9.96. The lowest BCUT2D eigenvalue weighted by Gasteiger charge is -2.26. The molecule has 0 spiro atoms. The van der Waals surface area contributed by atoms with E-state index in [-0.39, 0.29) is 16.6 Å². The lowest BCUT2D eigenvalue weighted by Crippen LogP contribution is -2.40. The van der Waals surface area contributed by atoms with Gasteiger partial charge in [0.2, 0.25) is 15.9 Å². The summed E-state index contributed by atoms with van der Waals surface area (Å²) in [4.78, 5) is 11.1. The number of amides is 1. The van der Waals surface area contributed by atoms with Gasteiger partial charge in [0, 0.05) is 12.6 Å². The maximum atomic E-state index is 13.0. The summed E-state index contributed by atoms with van der Waals surface area (Å²) in [6.45, 7) is 4.77. The zero-order valence-electron chi connectivity index (χ0n) is 13.6. The van der Waals surface area contributed by atoms with Crippen molar-refractivity contribution in [3.05, 3.63) is 59.9 Å². The fourth-order valence-electron chi connectivity index (χ4n) is 2.24. The molecule has 2 aromatic rings. The van der Waals surface area contributed by atoms with Crippen LogP contribution in [0.15, 0.2) is 53.4 Å². The third kappa shape index (κ3) is 4.39. The zero-order chi connectivity index (χ0) is 18.0. The minimum Gasteiger partial charge on any atom is -0.326 e.